The zero-order valence-corrected chi connectivity index (χ0v) is 46.3. The van der Waals surface area contributed by atoms with Crippen LogP contribution in [0.2, 0.25) is 0 Å². The maximum atomic E-state index is 12.8. The molecule has 0 saturated heterocycles. The van der Waals surface area contributed by atoms with E-state index in [1.165, 1.54) is 0 Å². The highest BCUT2D eigenvalue weighted by molar-refractivity contribution is 5.71. The lowest BCUT2D eigenvalue weighted by Crippen LogP contribution is -2.30. The van der Waals surface area contributed by atoms with Gasteiger partial charge in [-0.1, -0.05) is 229 Å². The molecule has 0 amide bonds. The molecule has 406 valence electrons. The Morgan fingerprint density at radius 2 is 0.534 bits per heavy atom. The maximum absolute atomic E-state index is 12.8. The lowest BCUT2D eigenvalue weighted by Gasteiger charge is -2.18. The summed E-state index contributed by atoms with van der Waals surface area (Å²) in [7, 11) is 0. The fourth-order valence-corrected chi connectivity index (χ4v) is 6.99. The predicted octanol–water partition coefficient (Wildman–Crippen LogP) is 19.5. The molecule has 0 N–H and O–H groups in total. The first kappa shape index (κ1) is 67.8. The van der Waals surface area contributed by atoms with E-state index >= 15 is 0 Å². The Morgan fingerprint density at radius 1 is 0.288 bits per heavy atom. The van der Waals surface area contributed by atoms with E-state index in [9.17, 15) is 14.4 Å². The number of carbonyl (C=O) groups excluding carboxylic acids is 3. The Balaban J connectivity index is 4.26. The van der Waals surface area contributed by atoms with Crippen LogP contribution in [0.5, 0.6) is 0 Å². The fraction of sp³-hybridized carbons (Fsp3) is 0.537. The van der Waals surface area contributed by atoms with Crippen molar-refractivity contribution in [3.63, 3.8) is 0 Å². The standard InChI is InChI=1S/C67H102O6/c1-4-7-10-13-15-17-19-21-23-25-27-28-29-30-31-32-33-34-35-36-37-38-40-41-43-45-47-49-51-54-57-60-66(69)72-63-64(62-71-65(68)59-56-53-12-9-6-3)73-67(70)61-58-55-52-50-48-46-44-42-39-26-24-22-20-18-16-14-11-8-5-2/h7-8,10-11,15-18,21-24,27-28,30-31,33-34,36-37,39-42,45-48,64H,4-6,9,12-14,19-20,25-26,29,32,35,38,43-44,49-63H2,1-3H3/b10-7-,11-8-,17-15-,18-16-,23-21-,24-22-,28-27-,31-30-,34-33-,37-36-,41-40-,42-39-,47-45-,48-46-. The van der Waals surface area contributed by atoms with Crippen molar-refractivity contribution < 1.29 is 28.6 Å². The van der Waals surface area contributed by atoms with Gasteiger partial charge in [-0.2, -0.15) is 0 Å². The minimum absolute atomic E-state index is 0.111. The molecule has 73 heavy (non-hydrogen) atoms. The summed E-state index contributed by atoms with van der Waals surface area (Å²) in [6.07, 6.45) is 88.2. The quantitative estimate of drug-likeness (QED) is 0.0261. The molecule has 6 nitrogen and oxygen atoms in total. The number of carbonyl (C=O) groups is 3. The van der Waals surface area contributed by atoms with Crippen molar-refractivity contribution in [2.24, 2.45) is 0 Å². The van der Waals surface area contributed by atoms with Crippen LogP contribution in [0.25, 0.3) is 0 Å². The van der Waals surface area contributed by atoms with Crippen LogP contribution in [-0.4, -0.2) is 37.2 Å². The number of esters is 3. The SMILES string of the molecule is CC/C=C\C/C=C\C/C=C\C/C=C\C/C=C\C/C=C\C/C=C\C/C=C\C/C=C\CCCCCC(=O)OCC(COC(=O)CCCCCCC)OC(=O)CCCCC/C=C\C/C=C\C/C=C\C/C=C\C/C=C\CC. The minimum Gasteiger partial charge on any atom is -0.462 e. The second kappa shape index (κ2) is 59.3. The van der Waals surface area contributed by atoms with Crippen LogP contribution in [-0.2, 0) is 28.6 Å². The van der Waals surface area contributed by atoms with Gasteiger partial charge in [0.1, 0.15) is 13.2 Å². The van der Waals surface area contributed by atoms with Crippen molar-refractivity contribution in [2.45, 2.75) is 219 Å². The van der Waals surface area contributed by atoms with Gasteiger partial charge in [0.15, 0.2) is 6.10 Å². The molecule has 0 rings (SSSR count). The van der Waals surface area contributed by atoms with Gasteiger partial charge in [0, 0.05) is 19.3 Å². The summed E-state index contributed by atoms with van der Waals surface area (Å²) in [6, 6.07) is 0. The monoisotopic (exact) mass is 1000 g/mol. The number of rotatable bonds is 49. The lowest BCUT2D eigenvalue weighted by atomic mass is 10.1. The molecule has 0 saturated carbocycles. The van der Waals surface area contributed by atoms with Gasteiger partial charge in [-0.3, -0.25) is 14.4 Å². The third kappa shape index (κ3) is 57.5. The Hall–Kier alpha value is -5.23. The molecule has 0 aromatic rings. The molecular formula is C67H102O6. The van der Waals surface area contributed by atoms with Crippen molar-refractivity contribution in [2.75, 3.05) is 13.2 Å². The second-order valence-electron chi connectivity index (χ2n) is 18.1. The molecule has 0 aliphatic rings. The minimum atomic E-state index is -0.814. The van der Waals surface area contributed by atoms with Crippen LogP contribution in [0.3, 0.4) is 0 Å². The highest BCUT2D eigenvalue weighted by Gasteiger charge is 2.19. The molecule has 0 bridgehead atoms. The van der Waals surface area contributed by atoms with Crippen molar-refractivity contribution in [1.82, 2.24) is 0 Å². The molecule has 0 radical (unpaired) electrons. The van der Waals surface area contributed by atoms with Crippen LogP contribution >= 0.6 is 0 Å². The van der Waals surface area contributed by atoms with Gasteiger partial charge in [-0.25, -0.2) is 0 Å². The number of ether oxygens (including phenoxy) is 3. The summed E-state index contributed by atoms with van der Waals surface area (Å²) in [5, 5.41) is 0. The third-order valence-electron chi connectivity index (χ3n) is 11.2. The highest BCUT2D eigenvalue weighted by Crippen LogP contribution is 2.11. The van der Waals surface area contributed by atoms with Crippen LogP contribution in [0, 0.1) is 0 Å². The molecule has 1 unspecified atom stereocenters. The molecule has 0 aliphatic carbocycles. The first-order valence-corrected chi connectivity index (χ1v) is 28.6. The molecule has 0 spiro atoms. The number of unbranched alkanes of at least 4 members (excludes halogenated alkanes) is 10. The Morgan fingerprint density at radius 3 is 0.822 bits per heavy atom. The topological polar surface area (TPSA) is 78.9 Å². The van der Waals surface area contributed by atoms with Gasteiger partial charge in [0.25, 0.3) is 0 Å². The molecule has 0 heterocycles. The number of hydrogen-bond acceptors (Lipinski definition) is 6. The molecule has 6 heteroatoms. The summed E-state index contributed by atoms with van der Waals surface area (Å²) >= 11 is 0. The summed E-state index contributed by atoms with van der Waals surface area (Å²) in [5.41, 5.74) is 0. The molecule has 0 aliphatic heterocycles. The lowest BCUT2D eigenvalue weighted by molar-refractivity contribution is -0.167. The van der Waals surface area contributed by atoms with Gasteiger partial charge >= 0.3 is 17.9 Å². The first-order valence-electron chi connectivity index (χ1n) is 28.6. The smallest absolute Gasteiger partial charge is 0.306 e. The maximum Gasteiger partial charge on any atom is 0.306 e. The van der Waals surface area contributed by atoms with E-state index in [1.54, 1.807) is 0 Å². The van der Waals surface area contributed by atoms with E-state index in [4.69, 9.17) is 14.2 Å². The van der Waals surface area contributed by atoms with Gasteiger partial charge in [-0.05, 0) is 135 Å². The zero-order valence-electron chi connectivity index (χ0n) is 46.3. The van der Waals surface area contributed by atoms with E-state index in [1.807, 2.05) is 0 Å². The normalized spacial score (nSPS) is 13.4. The van der Waals surface area contributed by atoms with Crippen LogP contribution in [0.4, 0.5) is 0 Å². The van der Waals surface area contributed by atoms with Gasteiger partial charge in [0.05, 0.1) is 0 Å². The summed E-state index contributed by atoms with van der Waals surface area (Å²) in [5.74, 6) is -1.01. The number of hydrogen-bond donors (Lipinski definition) is 0. The average molecular weight is 1000 g/mol. The molecule has 1 atom stereocenters. The van der Waals surface area contributed by atoms with Gasteiger partial charge in [-0.15, -0.1) is 0 Å². The third-order valence-corrected chi connectivity index (χ3v) is 11.2. The van der Waals surface area contributed by atoms with E-state index < -0.39 is 6.10 Å². The van der Waals surface area contributed by atoms with E-state index in [0.717, 1.165) is 167 Å². The molecule has 0 fully saturated rings. The summed E-state index contributed by atoms with van der Waals surface area (Å²) in [4.78, 5) is 37.8. The van der Waals surface area contributed by atoms with Crippen molar-refractivity contribution in [3.05, 3.63) is 170 Å². The summed E-state index contributed by atoms with van der Waals surface area (Å²) < 4.78 is 16.6. The summed E-state index contributed by atoms with van der Waals surface area (Å²) in [6.45, 7) is 6.24. The van der Waals surface area contributed by atoms with Crippen LogP contribution in [0.15, 0.2) is 170 Å². The van der Waals surface area contributed by atoms with Gasteiger partial charge in [0.2, 0.25) is 0 Å². The fourth-order valence-electron chi connectivity index (χ4n) is 6.99. The molecular weight excluding hydrogens is 901 g/mol. The predicted molar refractivity (Wildman–Crippen MR) is 315 cm³/mol. The zero-order chi connectivity index (χ0) is 52.9. The van der Waals surface area contributed by atoms with E-state index in [0.29, 0.717) is 19.3 Å². The average Bonchev–Trinajstić information content (AvgIpc) is 3.39. The largest absolute Gasteiger partial charge is 0.462 e. The van der Waals surface area contributed by atoms with Crippen LogP contribution in [0.1, 0.15) is 213 Å². The number of allylic oxidation sites excluding steroid dienone is 28. The van der Waals surface area contributed by atoms with E-state index in [-0.39, 0.29) is 37.5 Å². The Bertz CT molecular complexity index is 1720. The first-order chi connectivity index (χ1) is 36.0. The Kier molecular flexibility index (Phi) is 55.1. The molecule has 0 aromatic heterocycles. The van der Waals surface area contributed by atoms with Crippen molar-refractivity contribution in [1.29, 1.82) is 0 Å². The van der Waals surface area contributed by atoms with Gasteiger partial charge < -0.3 is 14.2 Å². The van der Waals surface area contributed by atoms with Crippen molar-refractivity contribution in [3.8, 4) is 0 Å². The highest BCUT2D eigenvalue weighted by atomic mass is 16.6. The van der Waals surface area contributed by atoms with Crippen molar-refractivity contribution >= 4 is 17.9 Å². The van der Waals surface area contributed by atoms with Crippen LogP contribution < -0.4 is 0 Å². The Labute approximate surface area is 447 Å². The second-order valence-corrected chi connectivity index (χ2v) is 18.1. The van der Waals surface area contributed by atoms with E-state index in [2.05, 4.69) is 191 Å². The molecule has 0 aromatic carbocycles.